The Morgan fingerprint density at radius 2 is 0.797 bits per heavy atom. The predicted octanol–water partition coefficient (Wildman–Crippen LogP) is -16.7. The second-order valence-electron chi connectivity index (χ2n) is 16.3. The van der Waals surface area contributed by atoms with Gasteiger partial charge in [0, 0.05) is 114 Å². The van der Waals surface area contributed by atoms with Crippen molar-refractivity contribution in [2.24, 2.45) is 0 Å². The number of benzene rings is 3. The maximum absolute atomic E-state index is 13.2. The van der Waals surface area contributed by atoms with Gasteiger partial charge in [-0.1, -0.05) is 71.8 Å². The van der Waals surface area contributed by atoms with Crippen LogP contribution in [0.2, 0.25) is 0 Å². The monoisotopic (exact) mass is 1110 g/mol. The molecule has 5 amide bonds. The van der Waals surface area contributed by atoms with Crippen molar-refractivity contribution in [3.8, 4) is 17.2 Å². The van der Waals surface area contributed by atoms with E-state index in [4.69, 9.17) is 23.4 Å². The molecule has 0 aromatic heterocycles. The van der Waals surface area contributed by atoms with Crippen LogP contribution in [0.25, 0.3) is 0 Å². The molecule has 1 fully saturated rings. The zero-order valence-corrected chi connectivity index (χ0v) is 44.7. The number of fused-ring (bicyclic) bond motifs is 15. The van der Waals surface area contributed by atoms with Gasteiger partial charge < -0.3 is 66.0 Å². The van der Waals surface area contributed by atoms with Gasteiger partial charge >= 0.3 is 19.8 Å². The van der Waals surface area contributed by atoms with Gasteiger partial charge in [-0.05, 0) is 12.8 Å². The summed E-state index contributed by atoms with van der Waals surface area (Å²) in [5.41, 5.74) is -1.33. The Kier molecular flexibility index (Phi) is 30.8. The van der Waals surface area contributed by atoms with Crippen LogP contribution in [0.15, 0.2) is 54.6 Å². The summed E-state index contributed by atoms with van der Waals surface area (Å²) in [4.78, 5) is 71.6. The molecule has 0 atom stereocenters. The van der Waals surface area contributed by atoms with E-state index in [2.05, 4.69) is 30.9 Å². The van der Waals surface area contributed by atoms with Gasteiger partial charge in [-0.15, -0.1) is 10.2 Å². The van der Waals surface area contributed by atoms with Crippen LogP contribution in [-0.2, 0) is 14.3 Å². The molecular weight excluding hydrogens is 1050 g/mol. The molecule has 0 unspecified atom stereocenters. The molecule has 4 aliphatic heterocycles. The molecule has 3 aromatic rings. The molecule has 0 spiro atoms. The second kappa shape index (κ2) is 34.8. The summed E-state index contributed by atoms with van der Waals surface area (Å²) in [6.07, 6.45) is 4.06. The molecule has 0 saturated carbocycles. The van der Waals surface area contributed by atoms with E-state index in [1.807, 2.05) is 0 Å². The molecule has 7 N–H and O–H groups in total. The SMILES string of the molecule is C1CCOC1.CN(C)C=O.CN(C)C=O.O=C1NCCN2CCNC(=O)c3cccc(c3[O-])C([O-])=[NH+]CC[NH+](CC[NH+]=C([O-])c3cccc1c3[O-])CC[NH+]=C([O-])c1cccc(c1[O-])C(=O)NCC2.[Ga+3].[O-][Cl+3]([O-])([O-])[O-]. The van der Waals surface area contributed by atoms with E-state index >= 15 is 0 Å². The normalized spacial score (nSPS) is 17.8. The number of para-hydroxylation sites is 3. The van der Waals surface area contributed by atoms with E-state index in [1.165, 1.54) is 77.2 Å². The molecule has 3 aromatic carbocycles. The Balaban J connectivity index is 0.00000110. The third-order valence-electron chi connectivity index (χ3n) is 10.2. The smallest absolute Gasteiger partial charge is 0.871 e. The van der Waals surface area contributed by atoms with Gasteiger partial charge in [0.05, 0.1) is 0 Å². The van der Waals surface area contributed by atoms with E-state index in [9.17, 15) is 54.6 Å². The summed E-state index contributed by atoms with van der Waals surface area (Å²) in [5, 5.41) is 86.8. The fourth-order valence-corrected chi connectivity index (χ4v) is 6.52. The number of amides is 5. The van der Waals surface area contributed by atoms with Gasteiger partial charge in [0.2, 0.25) is 12.8 Å². The van der Waals surface area contributed by atoms with Gasteiger partial charge in [-0.2, -0.15) is 0 Å². The summed E-state index contributed by atoms with van der Waals surface area (Å²) < 4.78 is 38.9. The van der Waals surface area contributed by atoms with Gasteiger partial charge in [-0.25, -0.2) is 33.6 Å². The van der Waals surface area contributed by atoms with Gasteiger partial charge in [0.25, 0.3) is 17.7 Å². The largest absolute Gasteiger partial charge is 3.00 e. The van der Waals surface area contributed by atoms with Gasteiger partial charge in [0.1, 0.15) is 37.3 Å². The van der Waals surface area contributed by atoms with E-state index in [-0.39, 0.29) is 132 Å². The van der Waals surface area contributed by atoms with Crippen LogP contribution in [0.5, 0.6) is 17.2 Å². The molecule has 74 heavy (non-hydrogen) atoms. The molecule has 8 bridgehead atoms. The molecule has 1 saturated heterocycles. The molecule has 4 heterocycles. The van der Waals surface area contributed by atoms with Crippen molar-refractivity contribution in [2.45, 2.75) is 12.8 Å². The van der Waals surface area contributed by atoms with Crippen molar-refractivity contribution in [1.29, 1.82) is 0 Å². The summed E-state index contributed by atoms with van der Waals surface area (Å²) in [6.45, 7) is 3.56. The van der Waals surface area contributed by atoms with Crippen molar-refractivity contribution in [3.05, 3.63) is 88.0 Å². The van der Waals surface area contributed by atoms with Crippen LogP contribution in [-0.4, -0.2) is 203 Å². The van der Waals surface area contributed by atoms with E-state index in [0.29, 0.717) is 0 Å². The van der Waals surface area contributed by atoms with Crippen LogP contribution in [0.1, 0.15) is 60.6 Å². The van der Waals surface area contributed by atoms with Gasteiger partial charge in [-0.3, -0.25) is 28.9 Å². The first-order chi connectivity index (χ1) is 34.6. The van der Waals surface area contributed by atoms with Crippen LogP contribution >= 0.6 is 0 Å². The first kappa shape index (κ1) is 65.5. The molecule has 28 heteroatoms. The third-order valence-corrected chi connectivity index (χ3v) is 10.2. The first-order valence-corrected chi connectivity index (χ1v) is 23.9. The molecule has 4 aliphatic rings. The summed E-state index contributed by atoms with van der Waals surface area (Å²) >= 11 is 0. The van der Waals surface area contributed by atoms with E-state index < -0.39 is 62.9 Å². The quantitative estimate of drug-likeness (QED) is 0.0925. The van der Waals surface area contributed by atoms with Crippen LogP contribution in [0, 0.1) is 10.2 Å². The maximum atomic E-state index is 13.2. The average Bonchev–Trinajstić information content (AvgIpc) is 3.94. The molecule has 26 nitrogen and oxygen atoms in total. The zero-order chi connectivity index (χ0) is 54.5. The maximum Gasteiger partial charge on any atom is 3.00 e. The number of nitrogens with one attached hydrogen (secondary N) is 7. The topological polar surface area (TPSA) is 417 Å². The third kappa shape index (κ3) is 24.9. The first-order valence-electron chi connectivity index (χ1n) is 22.7. The Morgan fingerprint density at radius 1 is 0.541 bits per heavy atom. The molecule has 0 aliphatic carbocycles. The minimum absolute atomic E-state index is 0. The fourth-order valence-electron chi connectivity index (χ4n) is 6.52. The number of carbonyl (C=O) groups excluding carboxylic acids is 5. The number of quaternary nitrogens is 1. The van der Waals surface area contributed by atoms with Crippen molar-refractivity contribution >= 4 is 68.0 Å². The second-order valence-corrected chi connectivity index (χ2v) is 17.0. The van der Waals surface area contributed by atoms with Crippen molar-refractivity contribution in [3.63, 3.8) is 0 Å². The minimum Gasteiger partial charge on any atom is -0.871 e. The number of hydrogen-bond acceptors (Lipinski definition) is 17. The molecular formula is C46H62ClGaN10O16. The van der Waals surface area contributed by atoms with E-state index in [0.717, 1.165) is 30.9 Å². The summed E-state index contributed by atoms with van der Waals surface area (Å²) in [5.74, 6) is -6.37. The number of hydrogen-bond donors (Lipinski definition) is 7. The fraction of sp³-hybridized carbons (Fsp3) is 0.435. The van der Waals surface area contributed by atoms with Crippen molar-refractivity contribution in [2.75, 3.05) is 120 Å². The van der Waals surface area contributed by atoms with Crippen LogP contribution in [0.4, 0.5) is 0 Å². The standard InChI is InChI=1S/C36H42N8O9.C4H8O.2C3H7NO.ClHO4.Ga/c45-28-22-4-1-5-23(28)32(49)38-11-17-44-19-13-40-34(51)25-7-2-6-24(29(25)46)33(50)39-12-18-43(16-10-37-31(22)48)20-14-41-35(52)26-8-3-9-27(30(26)47)36(53)42-15-21-44;1-2-4-5-3-1;2*1-4(2)3-5;2-1(3,4)5;/h1-9,45-47H,10-21H2,(H,37,48)(H,38,49)(H,39,50)(H,40,51)(H,41,52)(H,42,53);1-4H2;2*3H,1-2H3;(H,2,3,4,5);/q;;;;;+3/p-3. The Labute approximate surface area is 443 Å². The molecule has 402 valence electrons. The molecule has 7 rings (SSSR count). The predicted molar refractivity (Wildman–Crippen MR) is 242 cm³/mol. The van der Waals surface area contributed by atoms with Crippen molar-refractivity contribution in [1.82, 2.24) is 30.7 Å². The van der Waals surface area contributed by atoms with Crippen LogP contribution in [0.3, 0.4) is 0 Å². The number of ether oxygens (including phenoxy) is 1. The Morgan fingerprint density at radius 3 is 1.03 bits per heavy atom. The Bertz CT molecular complexity index is 2110. The molecule has 0 radical (unpaired) electrons. The van der Waals surface area contributed by atoms with Crippen molar-refractivity contribution < 1.29 is 108 Å². The van der Waals surface area contributed by atoms with Crippen LogP contribution < -0.4 is 85.1 Å². The van der Waals surface area contributed by atoms with E-state index in [1.54, 1.807) is 33.1 Å². The number of nitrogens with zero attached hydrogens (tertiary/aromatic N) is 3. The number of halogens is 1. The summed E-state index contributed by atoms with van der Waals surface area (Å²) in [7, 11) is 1.81. The number of carbonyl (C=O) groups is 5. The Hall–Kier alpha value is -6.53. The number of rotatable bonds is 2. The minimum atomic E-state index is -4.94. The zero-order valence-electron chi connectivity index (χ0n) is 41.5. The summed E-state index contributed by atoms with van der Waals surface area (Å²) in [6, 6.07) is 12.2. The average molecular weight is 1120 g/mol. The van der Waals surface area contributed by atoms with Gasteiger partial charge in [0.15, 0.2) is 19.6 Å².